The van der Waals surface area contributed by atoms with Gasteiger partial charge in [0.1, 0.15) is 5.69 Å². The third-order valence-electron chi connectivity index (χ3n) is 4.57. The number of nitrogens with zero attached hydrogens (tertiary/aromatic N) is 3. The molecule has 1 fully saturated rings. The number of aromatic nitrogens is 3. The largest absolute Gasteiger partial charge is 0.415 e. The number of benzene rings is 1. The van der Waals surface area contributed by atoms with E-state index in [1.54, 1.807) is 6.07 Å². The molecule has 5 nitrogen and oxygen atoms in total. The summed E-state index contributed by atoms with van der Waals surface area (Å²) < 4.78 is 31.4. The minimum atomic E-state index is -3.03. The Balaban J connectivity index is 2.02. The maximum Gasteiger partial charge on any atom is 0.388 e. The molecule has 0 spiro atoms. The van der Waals surface area contributed by atoms with E-state index >= 15 is 0 Å². The van der Waals surface area contributed by atoms with Crippen molar-refractivity contribution in [3.63, 3.8) is 0 Å². The van der Waals surface area contributed by atoms with Crippen molar-refractivity contribution in [1.29, 1.82) is 0 Å². The summed E-state index contributed by atoms with van der Waals surface area (Å²) in [6, 6.07) is 9.06. The van der Waals surface area contributed by atoms with Crippen molar-refractivity contribution in [2.45, 2.75) is 38.7 Å². The molecule has 0 unspecified atom stereocenters. The van der Waals surface area contributed by atoms with Crippen LogP contribution in [0.5, 0.6) is 5.88 Å². The SMILES string of the molecule is CCc1nc(=O)n(-c2cccnc2OC(F)F)c2cc(C3CC3)ccc12. The number of pyridine rings is 1. The predicted molar refractivity (Wildman–Crippen MR) is 93.1 cm³/mol. The lowest BCUT2D eigenvalue weighted by Gasteiger charge is -2.15. The van der Waals surface area contributed by atoms with E-state index < -0.39 is 12.3 Å². The zero-order chi connectivity index (χ0) is 18.3. The molecule has 134 valence electrons. The molecule has 1 saturated carbocycles. The molecule has 0 radical (unpaired) electrons. The van der Waals surface area contributed by atoms with Crippen molar-refractivity contribution in [3.05, 3.63) is 58.3 Å². The number of alkyl halides is 2. The molecule has 0 bridgehead atoms. The van der Waals surface area contributed by atoms with Crippen molar-refractivity contribution in [2.75, 3.05) is 0 Å². The highest BCUT2D eigenvalue weighted by Crippen LogP contribution is 2.41. The van der Waals surface area contributed by atoms with Gasteiger partial charge in [-0.25, -0.2) is 9.78 Å². The molecular weight excluding hydrogens is 340 g/mol. The van der Waals surface area contributed by atoms with E-state index in [2.05, 4.69) is 20.8 Å². The summed E-state index contributed by atoms with van der Waals surface area (Å²) in [5.74, 6) is 0.195. The number of rotatable bonds is 5. The van der Waals surface area contributed by atoms with Crippen LogP contribution in [0.3, 0.4) is 0 Å². The molecule has 0 N–H and O–H groups in total. The van der Waals surface area contributed by atoms with Crippen LogP contribution in [0.4, 0.5) is 8.78 Å². The van der Waals surface area contributed by atoms with Crippen molar-refractivity contribution >= 4 is 10.9 Å². The Hall–Kier alpha value is -2.83. The van der Waals surface area contributed by atoms with Crippen molar-refractivity contribution in [3.8, 4) is 11.6 Å². The zero-order valence-corrected chi connectivity index (χ0v) is 14.2. The average Bonchev–Trinajstić information content (AvgIpc) is 3.46. The molecule has 2 aromatic heterocycles. The van der Waals surface area contributed by atoms with Crippen molar-refractivity contribution in [2.24, 2.45) is 0 Å². The van der Waals surface area contributed by atoms with Gasteiger partial charge < -0.3 is 4.74 Å². The van der Waals surface area contributed by atoms with Gasteiger partial charge in [-0.15, -0.1) is 0 Å². The highest BCUT2D eigenvalue weighted by atomic mass is 19.3. The smallest absolute Gasteiger partial charge is 0.388 e. The van der Waals surface area contributed by atoms with E-state index in [1.807, 2.05) is 19.1 Å². The van der Waals surface area contributed by atoms with Crippen LogP contribution in [0.25, 0.3) is 16.6 Å². The average molecular weight is 357 g/mol. The Labute approximate surface area is 148 Å². The highest BCUT2D eigenvalue weighted by molar-refractivity contribution is 5.84. The number of aryl methyl sites for hydroxylation is 1. The van der Waals surface area contributed by atoms with Gasteiger partial charge >= 0.3 is 12.3 Å². The van der Waals surface area contributed by atoms with E-state index in [1.165, 1.54) is 16.8 Å². The Bertz CT molecular complexity index is 1030. The molecule has 0 atom stereocenters. The maximum atomic E-state index is 12.8. The van der Waals surface area contributed by atoms with E-state index in [0.29, 0.717) is 23.5 Å². The monoisotopic (exact) mass is 357 g/mol. The molecule has 4 rings (SSSR count). The third kappa shape index (κ3) is 2.94. The summed E-state index contributed by atoms with van der Waals surface area (Å²) >= 11 is 0. The first kappa shape index (κ1) is 16.6. The molecule has 0 amide bonds. The van der Waals surface area contributed by atoms with Gasteiger partial charge in [0.2, 0.25) is 5.88 Å². The summed E-state index contributed by atoms with van der Waals surface area (Å²) in [4.78, 5) is 20.7. The molecular formula is C19H17F2N3O2. The first-order valence-electron chi connectivity index (χ1n) is 8.54. The van der Waals surface area contributed by atoms with Crippen LogP contribution in [0, 0.1) is 0 Å². The molecule has 0 aliphatic heterocycles. The fourth-order valence-corrected chi connectivity index (χ4v) is 3.21. The topological polar surface area (TPSA) is 57.0 Å². The van der Waals surface area contributed by atoms with Gasteiger partial charge in [-0.1, -0.05) is 19.1 Å². The minimum Gasteiger partial charge on any atom is -0.415 e. The molecule has 7 heteroatoms. The first-order chi connectivity index (χ1) is 12.6. The fourth-order valence-electron chi connectivity index (χ4n) is 3.21. The minimum absolute atomic E-state index is 0.158. The van der Waals surface area contributed by atoms with Gasteiger partial charge in [-0.2, -0.15) is 13.8 Å². The molecule has 0 saturated heterocycles. The molecule has 1 aliphatic carbocycles. The molecule has 26 heavy (non-hydrogen) atoms. The summed E-state index contributed by atoms with van der Waals surface area (Å²) in [7, 11) is 0. The molecule has 3 aromatic rings. The quantitative estimate of drug-likeness (QED) is 0.696. The van der Waals surface area contributed by atoms with E-state index in [0.717, 1.165) is 23.8 Å². The second-order valence-corrected chi connectivity index (χ2v) is 6.29. The summed E-state index contributed by atoms with van der Waals surface area (Å²) in [6.45, 7) is -1.11. The van der Waals surface area contributed by atoms with Crippen LogP contribution in [-0.4, -0.2) is 21.1 Å². The van der Waals surface area contributed by atoms with Crippen LogP contribution < -0.4 is 10.4 Å². The van der Waals surface area contributed by atoms with Crippen LogP contribution >= 0.6 is 0 Å². The second-order valence-electron chi connectivity index (χ2n) is 6.29. The standard InChI is InChI=1S/C19H17F2N3O2/c1-2-14-13-8-7-12(11-5-6-11)10-16(13)24(19(25)23-14)15-4-3-9-22-17(15)26-18(20)21/h3-4,7-11,18H,2,5-6H2,1H3. The van der Waals surface area contributed by atoms with Crippen LogP contribution in [0.1, 0.15) is 36.9 Å². The summed E-state index contributed by atoms with van der Waals surface area (Å²) in [6.07, 6.45) is 4.18. The predicted octanol–water partition coefficient (Wildman–Crippen LogP) is 3.82. The lowest BCUT2D eigenvalue weighted by Crippen LogP contribution is -2.24. The maximum absolute atomic E-state index is 12.8. The van der Waals surface area contributed by atoms with E-state index in [9.17, 15) is 13.6 Å². The van der Waals surface area contributed by atoms with Crippen molar-refractivity contribution in [1.82, 2.24) is 14.5 Å². The van der Waals surface area contributed by atoms with E-state index in [4.69, 9.17) is 0 Å². The van der Waals surface area contributed by atoms with Gasteiger partial charge in [0.25, 0.3) is 0 Å². The normalized spacial score (nSPS) is 14.2. The van der Waals surface area contributed by atoms with Crippen LogP contribution in [0.15, 0.2) is 41.3 Å². The number of ether oxygens (including phenoxy) is 1. The lowest BCUT2D eigenvalue weighted by atomic mass is 10.1. The van der Waals surface area contributed by atoms with Crippen LogP contribution in [-0.2, 0) is 6.42 Å². The lowest BCUT2D eigenvalue weighted by molar-refractivity contribution is -0.0528. The Kier molecular flexibility index (Phi) is 4.14. The van der Waals surface area contributed by atoms with Gasteiger partial charge in [-0.05, 0) is 48.9 Å². The van der Waals surface area contributed by atoms with Crippen LogP contribution in [0.2, 0.25) is 0 Å². The number of halogens is 2. The number of fused-ring (bicyclic) bond motifs is 1. The Morgan fingerprint density at radius 2 is 2.12 bits per heavy atom. The van der Waals surface area contributed by atoms with Crippen molar-refractivity contribution < 1.29 is 13.5 Å². The zero-order valence-electron chi connectivity index (χ0n) is 14.2. The third-order valence-corrected chi connectivity index (χ3v) is 4.57. The van der Waals surface area contributed by atoms with Gasteiger partial charge in [0.05, 0.1) is 11.2 Å². The fraction of sp³-hybridized carbons (Fsp3) is 0.316. The summed E-state index contributed by atoms with van der Waals surface area (Å²) in [5, 5.41) is 0.823. The number of hydrogen-bond acceptors (Lipinski definition) is 4. The van der Waals surface area contributed by atoms with Gasteiger partial charge in [0.15, 0.2) is 0 Å². The molecule has 1 aromatic carbocycles. The Morgan fingerprint density at radius 1 is 1.31 bits per heavy atom. The van der Waals surface area contributed by atoms with E-state index in [-0.39, 0.29) is 11.6 Å². The highest BCUT2D eigenvalue weighted by Gasteiger charge is 2.25. The van der Waals surface area contributed by atoms with Gasteiger partial charge in [-0.3, -0.25) is 4.57 Å². The molecule has 2 heterocycles. The van der Waals surface area contributed by atoms with Gasteiger partial charge in [0, 0.05) is 11.6 Å². The first-order valence-corrected chi connectivity index (χ1v) is 8.54. The number of hydrogen-bond donors (Lipinski definition) is 0. The Morgan fingerprint density at radius 3 is 2.81 bits per heavy atom. The summed E-state index contributed by atoms with van der Waals surface area (Å²) in [5.41, 5.74) is 2.08. The molecule has 1 aliphatic rings. The second kappa shape index (κ2) is 6.48.